The van der Waals surface area contributed by atoms with Gasteiger partial charge in [-0.15, -0.1) is 0 Å². The zero-order valence-electron chi connectivity index (χ0n) is 16.8. The summed E-state index contributed by atoms with van der Waals surface area (Å²) < 4.78 is 6.41. The molecule has 0 radical (unpaired) electrons. The largest absolute Gasteiger partial charge is 0.469 e. The van der Waals surface area contributed by atoms with Crippen molar-refractivity contribution in [2.75, 3.05) is 20.2 Å². The molecular weight excluding hydrogens is 356 g/mol. The Kier molecular flexibility index (Phi) is 6.17. The summed E-state index contributed by atoms with van der Waals surface area (Å²) in [5.74, 6) is 0.306. The van der Waals surface area contributed by atoms with E-state index in [-0.39, 0.29) is 23.4 Å². The maximum Gasteiger partial charge on any atom is 0.305 e. The van der Waals surface area contributed by atoms with Gasteiger partial charge in [0.05, 0.1) is 12.7 Å². The summed E-state index contributed by atoms with van der Waals surface area (Å²) in [6.45, 7) is 5.89. The molecule has 1 fully saturated rings. The Morgan fingerprint density at radius 2 is 1.79 bits per heavy atom. The van der Waals surface area contributed by atoms with Crippen LogP contribution >= 0.6 is 0 Å². The lowest BCUT2D eigenvalue weighted by Crippen LogP contribution is -2.39. The van der Waals surface area contributed by atoms with Crippen LogP contribution in [-0.4, -0.2) is 41.5 Å². The SMILES string of the molecule is COC(=O)CC1CCN(C(=O)c2cn(CC(C)C)c(=O)c3ccccc23)CC1. The van der Waals surface area contributed by atoms with Gasteiger partial charge >= 0.3 is 5.97 Å². The summed E-state index contributed by atoms with van der Waals surface area (Å²) >= 11 is 0. The van der Waals surface area contributed by atoms with Crippen LogP contribution in [0.5, 0.6) is 0 Å². The first kappa shape index (κ1) is 20.1. The summed E-state index contributed by atoms with van der Waals surface area (Å²) in [7, 11) is 1.40. The van der Waals surface area contributed by atoms with Crippen molar-refractivity contribution in [3.8, 4) is 0 Å². The fourth-order valence-corrected chi connectivity index (χ4v) is 3.87. The Morgan fingerprint density at radius 3 is 2.39 bits per heavy atom. The van der Waals surface area contributed by atoms with Gasteiger partial charge in [-0.05, 0) is 30.7 Å². The maximum atomic E-state index is 13.3. The van der Waals surface area contributed by atoms with Crippen LogP contribution in [0.15, 0.2) is 35.3 Å². The maximum absolute atomic E-state index is 13.3. The molecule has 0 spiro atoms. The molecule has 0 N–H and O–H groups in total. The molecule has 3 rings (SSSR count). The van der Waals surface area contributed by atoms with E-state index in [9.17, 15) is 14.4 Å². The van der Waals surface area contributed by atoms with Crippen molar-refractivity contribution in [3.63, 3.8) is 0 Å². The molecule has 0 unspecified atom stereocenters. The van der Waals surface area contributed by atoms with Gasteiger partial charge in [0.2, 0.25) is 0 Å². The van der Waals surface area contributed by atoms with Gasteiger partial charge in [-0.25, -0.2) is 0 Å². The Labute approximate surface area is 165 Å². The monoisotopic (exact) mass is 384 g/mol. The van der Waals surface area contributed by atoms with Crippen molar-refractivity contribution >= 4 is 22.6 Å². The number of likely N-dealkylation sites (tertiary alicyclic amines) is 1. The van der Waals surface area contributed by atoms with E-state index in [4.69, 9.17) is 4.74 Å². The van der Waals surface area contributed by atoms with Crippen molar-refractivity contribution in [2.24, 2.45) is 11.8 Å². The number of hydrogen-bond donors (Lipinski definition) is 0. The molecule has 28 heavy (non-hydrogen) atoms. The molecule has 150 valence electrons. The molecule has 1 aliphatic heterocycles. The minimum Gasteiger partial charge on any atom is -0.469 e. The quantitative estimate of drug-likeness (QED) is 0.743. The van der Waals surface area contributed by atoms with Crippen LogP contribution in [0.25, 0.3) is 10.8 Å². The average molecular weight is 384 g/mol. The second-order valence-corrected chi connectivity index (χ2v) is 7.96. The molecule has 6 heteroatoms. The number of piperidine rings is 1. The third-order valence-corrected chi connectivity index (χ3v) is 5.37. The third kappa shape index (κ3) is 4.26. The molecule has 1 aromatic carbocycles. The minimum atomic E-state index is -0.198. The smallest absolute Gasteiger partial charge is 0.305 e. The Balaban J connectivity index is 1.87. The summed E-state index contributed by atoms with van der Waals surface area (Å²) in [5, 5.41) is 1.28. The van der Waals surface area contributed by atoms with Gasteiger partial charge in [-0.2, -0.15) is 0 Å². The second kappa shape index (κ2) is 8.59. The van der Waals surface area contributed by atoms with Crippen molar-refractivity contribution in [1.82, 2.24) is 9.47 Å². The topological polar surface area (TPSA) is 68.6 Å². The highest BCUT2D eigenvalue weighted by molar-refractivity contribution is 6.06. The van der Waals surface area contributed by atoms with Crippen molar-refractivity contribution < 1.29 is 14.3 Å². The number of fused-ring (bicyclic) bond motifs is 1. The fourth-order valence-electron chi connectivity index (χ4n) is 3.87. The van der Waals surface area contributed by atoms with Crippen LogP contribution in [0, 0.1) is 11.8 Å². The lowest BCUT2D eigenvalue weighted by atomic mass is 9.93. The first-order valence-corrected chi connectivity index (χ1v) is 9.89. The molecule has 1 aliphatic rings. The fraction of sp³-hybridized carbons (Fsp3) is 0.500. The Bertz CT molecular complexity index is 924. The van der Waals surface area contributed by atoms with Crippen LogP contribution in [0.4, 0.5) is 0 Å². The predicted molar refractivity (Wildman–Crippen MR) is 108 cm³/mol. The number of pyridine rings is 1. The van der Waals surface area contributed by atoms with Gasteiger partial charge in [0.1, 0.15) is 0 Å². The first-order valence-electron chi connectivity index (χ1n) is 9.89. The molecule has 2 heterocycles. The van der Waals surface area contributed by atoms with E-state index in [0.717, 1.165) is 12.8 Å². The number of methoxy groups -OCH3 is 1. The summed E-state index contributed by atoms with van der Waals surface area (Å²) in [6, 6.07) is 7.31. The van der Waals surface area contributed by atoms with Crippen molar-refractivity contribution in [1.29, 1.82) is 0 Å². The van der Waals surface area contributed by atoms with Crippen LogP contribution < -0.4 is 5.56 Å². The Morgan fingerprint density at radius 1 is 1.14 bits per heavy atom. The number of aromatic nitrogens is 1. The van der Waals surface area contributed by atoms with Gasteiger partial charge in [0.15, 0.2) is 0 Å². The molecular formula is C22H28N2O4. The number of carbonyl (C=O) groups is 2. The molecule has 2 aromatic rings. The summed E-state index contributed by atoms with van der Waals surface area (Å²) in [4.78, 5) is 39.4. The predicted octanol–water partition coefficient (Wildman–Crippen LogP) is 3.07. The average Bonchev–Trinajstić information content (AvgIpc) is 2.70. The van der Waals surface area contributed by atoms with Crippen LogP contribution in [0.1, 0.15) is 43.5 Å². The summed E-state index contributed by atoms with van der Waals surface area (Å²) in [5.41, 5.74) is 0.514. The number of esters is 1. The number of benzene rings is 1. The molecule has 0 saturated carbocycles. The summed E-state index contributed by atoms with van der Waals surface area (Å²) in [6.07, 6.45) is 3.68. The number of hydrogen-bond acceptors (Lipinski definition) is 4. The van der Waals surface area contributed by atoms with Gasteiger partial charge in [-0.1, -0.05) is 32.0 Å². The highest BCUT2D eigenvalue weighted by Gasteiger charge is 2.27. The molecule has 0 bridgehead atoms. The molecule has 0 aliphatic carbocycles. The first-order chi connectivity index (χ1) is 13.4. The lowest BCUT2D eigenvalue weighted by Gasteiger charge is -2.32. The van der Waals surface area contributed by atoms with Crippen LogP contribution in [0.2, 0.25) is 0 Å². The molecule has 1 aromatic heterocycles. The third-order valence-electron chi connectivity index (χ3n) is 5.37. The standard InChI is InChI=1S/C22H28N2O4/c1-15(2)13-24-14-19(17-6-4-5-7-18(17)21(24)26)22(27)23-10-8-16(9-11-23)12-20(25)28-3/h4-7,14-16H,8-13H2,1-3H3. The number of carbonyl (C=O) groups excluding carboxylic acids is 2. The van der Waals surface area contributed by atoms with E-state index in [1.807, 2.05) is 23.1 Å². The molecule has 1 amide bonds. The van der Waals surface area contributed by atoms with Crippen LogP contribution in [-0.2, 0) is 16.1 Å². The van der Waals surface area contributed by atoms with Crippen LogP contribution in [0.3, 0.4) is 0 Å². The number of amides is 1. The molecule has 0 atom stereocenters. The number of nitrogens with zero attached hydrogens (tertiary/aromatic N) is 2. The molecule has 1 saturated heterocycles. The van der Waals surface area contributed by atoms with E-state index in [2.05, 4.69) is 13.8 Å². The van der Waals surface area contributed by atoms with E-state index in [1.54, 1.807) is 16.8 Å². The number of ether oxygens (including phenoxy) is 1. The molecule has 6 nitrogen and oxygen atoms in total. The van der Waals surface area contributed by atoms with E-state index < -0.39 is 0 Å². The minimum absolute atomic E-state index is 0.0507. The van der Waals surface area contributed by atoms with Crippen molar-refractivity contribution in [2.45, 2.75) is 39.7 Å². The second-order valence-electron chi connectivity index (χ2n) is 7.96. The van der Waals surface area contributed by atoms with E-state index >= 15 is 0 Å². The Hall–Kier alpha value is -2.63. The highest BCUT2D eigenvalue weighted by atomic mass is 16.5. The lowest BCUT2D eigenvalue weighted by molar-refractivity contribution is -0.142. The van der Waals surface area contributed by atoms with E-state index in [0.29, 0.717) is 48.3 Å². The van der Waals surface area contributed by atoms with Gasteiger partial charge in [0.25, 0.3) is 11.5 Å². The van der Waals surface area contributed by atoms with E-state index in [1.165, 1.54) is 7.11 Å². The normalized spacial score (nSPS) is 15.2. The zero-order valence-corrected chi connectivity index (χ0v) is 16.8. The highest BCUT2D eigenvalue weighted by Crippen LogP contribution is 2.24. The van der Waals surface area contributed by atoms with Gasteiger partial charge in [0, 0.05) is 43.0 Å². The van der Waals surface area contributed by atoms with Crippen molar-refractivity contribution in [3.05, 3.63) is 46.4 Å². The number of rotatable bonds is 5. The van der Waals surface area contributed by atoms with Gasteiger partial charge in [-0.3, -0.25) is 14.4 Å². The zero-order chi connectivity index (χ0) is 20.3. The van der Waals surface area contributed by atoms with Gasteiger partial charge < -0.3 is 14.2 Å².